The molecular weight excluding hydrogens is 430 g/mol. The van der Waals surface area contributed by atoms with Crippen molar-refractivity contribution in [3.63, 3.8) is 0 Å². The van der Waals surface area contributed by atoms with Gasteiger partial charge in [-0.25, -0.2) is 4.68 Å². The zero-order valence-electron chi connectivity index (χ0n) is 19.6. The van der Waals surface area contributed by atoms with Crippen molar-refractivity contribution in [3.05, 3.63) is 47.7 Å². The number of nitrogens with one attached hydrogen (secondary N) is 3. The van der Waals surface area contributed by atoms with Crippen molar-refractivity contribution >= 4 is 28.8 Å². The third kappa shape index (κ3) is 5.90. The number of aromatic nitrogens is 3. The maximum atomic E-state index is 13.3. The second-order valence-electron chi connectivity index (χ2n) is 8.53. The van der Waals surface area contributed by atoms with Crippen molar-refractivity contribution in [2.75, 3.05) is 5.32 Å². The number of allylic oxidation sites excluding steroid dienone is 2. The van der Waals surface area contributed by atoms with Gasteiger partial charge in [-0.1, -0.05) is 25.2 Å². The first kappa shape index (κ1) is 24.7. The minimum absolute atomic E-state index is 0.0314. The zero-order valence-corrected chi connectivity index (χ0v) is 19.6. The first-order chi connectivity index (χ1) is 16.3. The summed E-state index contributed by atoms with van der Waals surface area (Å²) in [7, 11) is 0. The van der Waals surface area contributed by atoms with E-state index in [1.165, 1.54) is 17.1 Å². The first-order valence-electron chi connectivity index (χ1n) is 11.4. The van der Waals surface area contributed by atoms with Gasteiger partial charge in [0, 0.05) is 23.2 Å². The van der Waals surface area contributed by atoms with Crippen LogP contribution in [-0.4, -0.2) is 38.3 Å². The lowest BCUT2D eigenvalue weighted by Crippen LogP contribution is -2.49. The largest absolute Gasteiger partial charge is 0.402 e. The van der Waals surface area contributed by atoms with Gasteiger partial charge in [0.25, 0.3) is 5.91 Å². The Morgan fingerprint density at radius 1 is 1.26 bits per heavy atom. The Bertz CT molecular complexity index is 1110. The lowest BCUT2D eigenvalue weighted by atomic mass is 9.83. The van der Waals surface area contributed by atoms with Gasteiger partial charge in [0.05, 0.1) is 17.6 Å². The Balaban J connectivity index is 1.78. The number of terminal acetylenes is 1. The van der Waals surface area contributed by atoms with Crippen LogP contribution in [0.1, 0.15) is 62.1 Å². The normalized spacial score (nSPS) is 15.6. The standard InChI is InChI=1S/C25H31N7O2/c1-4-14-32-21(12-13-29-32)24(33)31-23(18-8-6-5-7-9-18)25(34)30-19-10-11-20(28-15-19)22(16(2)26)17(3)27/h1,10-13,15,18,23,26H,5-9,14,27H2,2-3H3,(H,30,34)(H,31,33)/b22-17+,26-16?. The highest BCUT2D eigenvalue weighted by molar-refractivity contribution is 6.21. The summed E-state index contributed by atoms with van der Waals surface area (Å²) in [5.74, 6) is 1.82. The molecule has 5 N–H and O–H groups in total. The molecule has 1 atom stereocenters. The second-order valence-corrected chi connectivity index (χ2v) is 8.53. The van der Waals surface area contributed by atoms with E-state index in [-0.39, 0.29) is 24.3 Å². The van der Waals surface area contributed by atoms with Crippen molar-refractivity contribution in [1.29, 1.82) is 5.41 Å². The summed E-state index contributed by atoms with van der Waals surface area (Å²) in [5, 5.41) is 17.8. The van der Waals surface area contributed by atoms with Crippen LogP contribution < -0.4 is 16.4 Å². The Morgan fingerprint density at radius 2 is 2.00 bits per heavy atom. The fourth-order valence-electron chi connectivity index (χ4n) is 4.34. The summed E-state index contributed by atoms with van der Waals surface area (Å²) in [4.78, 5) is 30.6. The van der Waals surface area contributed by atoms with E-state index in [0.717, 1.165) is 32.1 Å². The molecule has 9 nitrogen and oxygen atoms in total. The van der Waals surface area contributed by atoms with Gasteiger partial charge in [-0.2, -0.15) is 5.10 Å². The third-order valence-corrected chi connectivity index (χ3v) is 5.94. The number of rotatable bonds is 8. The number of carbonyl (C=O) groups is 2. The zero-order chi connectivity index (χ0) is 24.7. The molecule has 1 saturated carbocycles. The highest BCUT2D eigenvalue weighted by Gasteiger charge is 2.32. The molecule has 3 rings (SSSR count). The van der Waals surface area contributed by atoms with Gasteiger partial charge < -0.3 is 21.8 Å². The second kappa shape index (κ2) is 11.3. The van der Waals surface area contributed by atoms with Crippen LogP contribution in [0.2, 0.25) is 0 Å². The molecule has 1 unspecified atom stereocenters. The van der Waals surface area contributed by atoms with E-state index in [9.17, 15) is 9.59 Å². The number of carbonyl (C=O) groups excluding carboxylic acids is 2. The lowest BCUT2D eigenvalue weighted by molar-refractivity contribution is -0.119. The molecule has 2 heterocycles. The molecule has 0 bridgehead atoms. The minimum Gasteiger partial charge on any atom is -0.402 e. The summed E-state index contributed by atoms with van der Waals surface area (Å²) in [6, 6.07) is 4.31. The number of amides is 2. The van der Waals surface area contributed by atoms with Gasteiger partial charge in [-0.05, 0) is 50.8 Å². The van der Waals surface area contributed by atoms with Crippen LogP contribution in [0, 0.1) is 23.7 Å². The lowest BCUT2D eigenvalue weighted by Gasteiger charge is -2.30. The molecule has 9 heteroatoms. The van der Waals surface area contributed by atoms with E-state index in [1.807, 2.05) is 0 Å². The Morgan fingerprint density at radius 3 is 2.59 bits per heavy atom. The fourth-order valence-corrected chi connectivity index (χ4v) is 4.34. The SMILES string of the molecule is C#CCn1nccc1C(=O)NC(C(=O)Nc1ccc(/C(C(C)=N)=C(\C)N)nc1)C1CCCCC1. The summed E-state index contributed by atoms with van der Waals surface area (Å²) < 4.78 is 1.43. The number of hydrogen-bond donors (Lipinski definition) is 4. The molecule has 0 aliphatic heterocycles. The van der Waals surface area contributed by atoms with E-state index in [4.69, 9.17) is 17.6 Å². The van der Waals surface area contributed by atoms with Crippen LogP contribution in [-0.2, 0) is 11.3 Å². The number of nitrogens with zero attached hydrogens (tertiary/aromatic N) is 3. The molecule has 2 aromatic rings. The fraction of sp³-hybridized carbons (Fsp3) is 0.400. The summed E-state index contributed by atoms with van der Waals surface area (Å²) in [5.41, 5.74) is 8.65. The average molecular weight is 462 g/mol. The predicted molar refractivity (Wildman–Crippen MR) is 132 cm³/mol. The average Bonchev–Trinajstić information content (AvgIpc) is 3.27. The van der Waals surface area contributed by atoms with Gasteiger partial charge in [-0.15, -0.1) is 6.42 Å². The molecule has 0 saturated heterocycles. The number of hydrogen-bond acceptors (Lipinski definition) is 6. The monoisotopic (exact) mass is 461 g/mol. The third-order valence-electron chi connectivity index (χ3n) is 5.94. The molecular formula is C25H31N7O2. The van der Waals surface area contributed by atoms with Gasteiger partial charge >= 0.3 is 0 Å². The molecule has 1 fully saturated rings. The van der Waals surface area contributed by atoms with E-state index in [0.29, 0.717) is 34.1 Å². The van der Waals surface area contributed by atoms with Gasteiger partial charge in [-0.3, -0.25) is 14.6 Å². The van der Waals surface area contributed by atoms with Crippen LogP contribution in [0.25, 0.3) is 5.57 Å². The quantitative estimate of drug-likeness (QED) is 0.354. The maximum absolute atomic E-state index is 13.3. The maximum Gasteiger partial charge on any atom is 0.270 e. The topological polar surface area (TPSA) is 139 Å². The molecule has 1 aliphatic carbocycles. The molecule has 0 radical (unpaired) electrons. The van der Waals surface area contributed by atoms with Crippen molar-refractivity contribution < 1.29 is 9.59 Å². The number of anilines is 1. The Kier molecular flexibility index (Phi) is 8.19. The van der Waals surface area contributed by atoms with Crippen LogP contribution in [0.3, 0.4) is 0 Å². The summed E-state index contributed by atoms with van der Waals surface area (Å²) in [6.07, 6.45) is 13.3. The first-order valence-corrected chi connectivity index (χ1v) is 11.4. The van der Waals surface area contributed by atoms with Gasteiger partial charge in [0.15, 0.2) is 0 Å². The van der Waals surface area contributed by atoms with Crippen molar-refractivity contribution in [3.8, 4) is 12.3 Å². The number of pyridine rings is 1. The van der Waals surface area contributed by atoms with Crippen LogP contribution in [0.4, 0.5) is 5.69 Å². The molecule has 1 aliphatic rings. The molecule has 0 spiro atoms. The van der Waals surface area contributed by atoms with Crippen molar-refractivity contribution in [1.82, 2.24) is 20.1 Å². The van der Waals surface area contributed by atoms with Crippen molar-refractivity contribution in [2.45, 2.75) is 58.5 Å². The summed E-state index contributed by atoms with van der Waals surface area (Å²) in [6.45, 7) is 3.54. The molecule has 34 heavy (non-hydrogen) atoms. The summed E-state index contributed by atoms with van der Waals surface area (Å²) >= 11 is 0. The van der Waals surface area contributed by atoms with E-state index in [2.05, 4.69) is 26.6 Å². The highest BCUT2D eigenvalue weighted by Crippen LogP contribution is 2.27. The highest BCUT2D eigenvalue weighted by atomic mass is 16.2. The molecule has 178 valence electrons. The Labute approximate surface area is 199 Å². The predicted octanol–water partition coefficient (Wildman–Crippen LogP) is 2.96. The van der Waals surface area contributed by atoms with Crippen molar-refractivity contribution in [2.24, 2.45) is 11.7 Å². The van der Waals surface area contributed by atoms with E-state index >= 15 is 0 Å². The van der Waals surface area contributed by atoms with E-state index in [1.54, 1.807) is 32.0 Å². The smallest absolute Gasteiger partial charge is 0.270 e. The van der Waals surface area contributed by atoms with Crippen LogP contribution in [0.15, 0.2) is 36.3 Å². The van der Waals surface area contributed by atoms with Gasteiger partial charge in [0.2, 0.25) is 5.91 Å². The van der Waals surface area contributed by atoms with Gasteiger partial charge in [0.1, 0.15) is 18.3 Å². The molecule has 2 amide bonds. The van der Waals surface area contributed by atoms with E-state index < -0.39 is 6.04 Å². The molecule has 2 aromatic heterocycles. The van der Waals surface area contributed by atoms with Crippen LogP contribution >= 0.6 is 0 Å². The number of nitrogens with two attached hydrogens (primary N) is 1. The minimum atomic E-state index is -0.702. The Hall–Kier alpha value is -3.93. The van der Waals surface area contributed by atoms with Crippen LogP contribution in [0.5, 0.6) is 0 Å². The molecule has 0 aromatic carbocycles.